The van der Waals surface area contributed by atoms with Crippen LogP contribution in [0, 0.1) is 5.82 Å². The Balaban J connectivity index is 1.55. The molecule has 3 aromatic rings. The normalized spacial score (nSPS) is 12.1. The van der Waals surface area contributed by atoms with Crippen LogP contribution in [0.4, 0.5) is 4.39 Å². The van der Waals surface area contributed by atoms with Gasteiger partial charge in [0.25, 0.3) is 5.91 Å². The number of hydrogen-bond acceptors (Lipinski definition) is 3. The van der Waals surface area contributed by atoms with Gasteiger partial charge >= 0.3 is 0 Å². The van der Waals surface area contributed by atoms with Gasteiger partial charge in [-0.1, -0.05) is 19.1 Å². The van der Waals surface area contributed by atoms with Crippen molar-refractivity contribution < 1.29 is 13.6 Å². The van der Waals surface area contributed by atoms with Crippen molar-refractivity contribution >= 4 is 5.91 Å². The van der Waals surface area contributed by atoms with Gasteiger partial charge in [0, 0.05) is 18.9 Å². The second kappa shape index (κ2) is 7.12. The van der Waals surface area contributed by atoms with E-state index in [9.17, 15) is 9.18 Å². The monoisotopic (exact) mass is 327 g/mol. The van der Waals surface area contributed by atoms with Crippen molar-refractivity contribution in [3.63, 3.8) is 0 Å². The van der Waals surface area contributed by atoms with Crippen molar-refractivity contribution in [3.8, 4) is 0 Å². The Labute approximate surface area is 139 Å². The third kappa shape index (κ3) is 3.90. The molecule has 0 spiro atoms. The largest absolute Gasteiger partial charge is 0.454 e. The fraction of sp³-hybridized carbons (Fsp3) is 0.222. The molecule has 1 amide bonds. The van der Waals surface area contributed by atoms with Gasteiger partial charge in [0.1, 0.15) is 11.6 Å². The highest BCUT2D eigenvalue weighted by molar-refractivity contribution is 5.91. The van der Waals surface area contributed by atoms with Crippen molar-refractivity contribution in [2.24, 2.45) is 0 Å². The molecule has 0 aliphatic heterocycles. The first kappa shape index (κ1) is 16.0. The summed E-state index contributed by atoms with van der Waals surface area (Å²) in [6.45, 7) is 2.89. The topological polar surface area (TPSA) is 60.1 Å². The maximum atomic E-state index is 12.9. The summed E-state index contributed by atoms with van der Waals surface area (Å²) in [5.41, 5.74) is 0.968. The molecule has 0 aliphatic rings. The molecular weight excluding hydrogens is 309 g/mol. The summed E-state index contributed by atoms with van der Waals surface area (Å²) in [6, 6.07) is 11.5. The predicted molar refractivity (Wildman–Crippen MR) is 87.2 cm³/mol. The van der Waals surface area contributed by atoms with Gasteiger partial charge in [-0.25, -0.2) is 4.39 Å². The van der Waals surface area contributed by atoms with Crippen LogP contribution in [0.3, 0.4) is 0 Å². The number of rotatable bonds is 6. The van der Waals surface area contributed by atoms with Gasteiger partial charge < -0.3 is 9.73 Å². The predicted octanol–water partition coefficient (Wildman–Crippen LogP) is 3.20. The minimum atomic E-state index is -0.268. The molecule has 0 saturated carbocycles. The smallest absolute Gasteiger partial charge is 0.287 e. The average molecular weight is 327 g/mol. The highest BCUT2D eigenvalue weighted by atomic mass is 19.1. The third-order valence-electron chi connectivity index (χ3n) is 3.77. The van der Waals surface area contributed by atoms with Crippen LogP contribution in [-0.2, 0) is 6.54 Å². The summed E-state index contributed by atoms with van der Waals surface area (Å²) in [5, 5.41) is 6.93. The lowest BCUT2D eigenvalue weighted by atomic mass is 10.0. The minimum absolute atomic E-state index is 0.0769. The Kier molecular flexibility index (Phi) is 4.74. The van der Waals surface area contributed by atoms with Gasteiger partial charge in [0.2, 0.25) is 0 Å². The first-order valence-corrected chi connectivity index (χ1v) is 7.71. The average Bonchev–Trinajstić information content (AvgIpc) is 3.25. The number of furan rings is 1. The maximum Gasteiger partial charge on any atom is 0.287 e. The fourth-order valence-corrected chi connectivity index (χ4v) is 2.38. The van der Waals surface area contributed by atoms with Crippen molar-refractivity contribution in [2.75, 3.05) is 6.54 Å². The first-order valence-electron chi connectivity index (χ1n) is 7.71. The number of benzene rings is 1. The molecule has 0 bridgehead atoms. The van der Waals surface area contributed by atoms with Crippen molar-refractivity contribution in [1.82, 2.24) is 15.1 Å². The van der Waals surface area contributed by atoms with Gasteiger partial charge in [0.15, 0.2) is 5.76 Å². The van der Waals surface area contributed by atoms with E-state index in [1.165, 1.54) is 12.1 Å². The Bertz CT molecular complexity index is 794. The number of halogens is 1. The lowest BCUT2D eigenvalue weighted by Gasteiger charge is -2.12. The molecule has 0 radical (unpaired) electrons. The number of carbonyl (C=O) groups excluding carboxylic acids is 1. The van der Waals surface area contributed by atoms with Crippen LogP contribution < -0.4 is 5.32 Å². The molecule has 6 heteroatoms. The highest BCUT2D eigenvalue weighted by Gasteiger charge is 2.13. The molecule has 0 unspecified atom stereocenters. The first-order chi connectivity index (χ1) is 11.6. The molecule has 0 saturated heterocycles. The van der Waals surface area contributed by atoms with Gasteiger partial charge in [0.05, 0.1) is 6.54 Å². The summed E-state index contributed by atoms with van der Waals surface area (Å²) < 4.78 is 20.2. The van der Waals surface area contributed by atoms with E-state index in [0.717, 1.165) is 5.56 Å². The minimum Gasteiger partial charge on any atom is -0.454 e. The zero-order chi connectivity index (χ0) is 16.9. The number of aromatic nitrogens is 2. The van der Waals surface area contributed by atoms with Crippen LogP contribution in [0.5, 0.6) is 0 Å². The molecule has 1 N–H and O–H groups in total. The van der Waals surface area contributed by atoms with Crippen LogP contribution in [0.25, 0.3) is 0 Å². The van der Waals surface area contributed by atoms with E-state index in [1.807, 2.05) is 19.2 Å². The van der Waals surface area contributed by atoms with Gasteiger partial charge in [-0.3, -0.25) is 9.48 Å². The Hall–Kier alpha value is -2.89. The molecule has 3 rings (SSSR count). The molecule has 5 nitrogen and oxygen atoms in total. The zero-order valence-corrected chi connectivity index (χ0v) is 13.3. The maximum absolute atomic E-state index is 12.9. The molecule has 2 heterocycles. The second-order valence-electron chi connectivity index (χ2n) is 5.63. The highest BCUT2D eigenvalue weighted by Crippen LogP contribution is 2.15. The Morgan fingerprint density at radius 3 is 2.79 bits per heavy atom. The Morgan fingerprint density at radius 1 is 1.29 bits per heavy atom. The molecule has 24 heavy (non-hydrogen) atoms. The van der Waals surface area contributed by atoms with E-state index in [-0.39, 0.29) is 23.4 Å². The van der Waals surface area contributed by atoms with E-state index in [4.69, 9.17) is 4.42 Å². The molecule has 0 fully saturated rings. The molecule has 124 valence electrons. The summed E-state index contributed by atoms with van der Waals surface area (Å²) in [5.74, 6) is 0.470. The summed E-state index contributed by atoms with van der Waals surface area (Å²) in [7, 11) is 0. The van der Waals surface area contributed by atoms with Crippen LogP contribution in [0.1, 0.15) is 34.7 Å². The summed E-state index contributed by atoms with van der Waals surface area (Å²) >= 11 is 0. The molecule has 1 aromatic carbocycles. The van der Waals surface area contributed by atoms with Crippen LogP contribution in [0.15, 0.2) is 59.3 Å². The summed E-state index contributed by atoms with van der Waals surface area (Å²) in [6.07, 6.45) is 3.51. The van der Waals surface area contributed by atoms with E-state index in [0.29, 0.717) is 18.8 Å². The number of nitrogens with one attached hydrogen (secondary N) is 1. The van der Waals surface area contributed by atoms with Crippen molar-refractivity contribution in [1.29, 1.82) is 0 Å². The SMILES string of the molecule is C[C@@H](CNC(=O)c1ccc(Cn2cccn2)o1)c1ccc(F)cc1. The van der Waals surface area contributed by atoms with Gasteiger partial charge in [-0.05, 0) is 41.8 Å². The molecule has 1 atom stereocenters. The van der Waals surface area contributed by atoms with Crippen LogP contribution >= 0.6 is 0 Å². The standard InChI is InChI=1S/C18H18FN3O2/c1-13(14-3-5-15(19)6-4-14)11-20-18(23)17-8-7-16(24-17)12-22-10-2-9-21-22/h2-10,13H,11-12H2,1H3,(H,20,23)/t13-/m0/s1. The van der Waals surface area contributed by atoms with Crippen molar-refractivity contribution in [2.45, 2.75) is 19.4 Å². The van der Waals surface area contributed by atoms with Crippen LogP contribution in [-0.4, -0.2) is 22.2 Å². The van der Waals surface area contributed by atoms with E-state index in [1.54, 1.807) is 35.1 Å². The number of carbonyl (C=O) groups is 1. The van der Waals surface area contributed by atoms with E-state index in [2.05, 4.69) is 10.4 Å². The van der Waals surface area contributed by atoms with Crippen LogP contribution in [0.2, 0.25) is 0 Å². The number of hydrogen-bond donors (Lipinski definition) is 1. The number of nitrogens with zero attached hydrogens (tertiary/aromatic N) is 2. The van der Waals surface area contributed by atoms with Gasteiger partial charge in [-0.2, -0.15) is 5.10 Å². The lowest BCUT2D eigenvalue weighted by Crippen LogP contribution is -2.27. The third-order valence-corrected chi connectivity index (χ3v) is 3.77. The molecule has 2 aromatic heterocycles. The quantitative estimate of drug-likeness (QED) is 0.756. The fourth-order valence-electron chi connectivity index (χ4n) is 2.38. The second-order valence-corrected chi connectivity index (χ2v) is 5.63. The van der Waals surface area contributed by atoms with E-state index >= 15 is 0 Å². The lowest BCUT2D eigenvalue weighted by molar-refractivity contribution is 0.0922. The van der Waals surface area contributed by atoms with Crippen molar-refractivity contribution in [3.05, 3.63) is 77.8 Å². The van der Waals surface area contributed by atoms with Gasteiger partial charge in [-0.15, -0.1) is 0 Å². The Morgan fingerprint density at radius 2 is 2.08 bits per heavy atom. The summed E-state index contributed by atoms with van der Waals surface area (Å²) in [4.78, 5) is 12.2. The number of amides is 1. The molecular formula is C18H18FN3O2. The molecule has 0 aliphatic carbocycles. The zero-order valence-electron chi connectivity index (χ0n) is 13.3. The van der Waals surface area contributed by atoms with E-state index < -0.39 is 0 Å².